The van der Waals surface area contributed by atoms with E-state index in [-0.39, 0.29) is 6.10 Å². The topological polar surface area (TPSA) is 9.23 Å². The van der Waals surface area contributed by atoms with Crippen molar-refractivity contribution in [2.24, 2.45) is 0 Å². The lowest BCUT2D eigenvalue weighted by Gasteiger charge is -2.18. The molecule has 1 heteroatoms. The van der Waals surface area contributed by atoms with Gasteiger partial charge in [-0.25, -0.2) is 0 Å². The third-order valence-electron chi connectivity index (χ3n) is 3.14. The lowest BCUT2D eigenvalue weighted by Crippen LogP contribution is -2.05. The molecule has 0 amide bonds. The summed E-state index contributed by atoms with van der Waals surface area (Å²) in [5, 5.41) is 0. The van der Waals surface area contributed by atoms with Crippen LogP contribution in [0.15, 0.2) is 48.5 Å². The van der Waals surface area contributed by atoms with Crippen molar-refractivity contribution < 1.29 is 4.74 Å². The lowest BCUT2D eigenvalue weighted by molar-refractivity contribution is 0.226. The molecule has 0 bridgehead atoms. The Morgan fingerprint density at radius 3 is 2.29 bits per heavy atom. The Labute approximate surface area is 103 Å². The van der Waals surface area contributed by atoms with Crippen molar-refractivity contribution in [3.05, 3.63) is 65.2 Å². The highest BCUT2D eigenvalue weighted by Crippen LogP contribution is 2.25. The second-order valence-electron chi connectivity index (χ2n) is 4.36. The molecular weight excluding hydrogens is 208 g/mol. The van der Waals surface area contributed by atoms with Crippen molar-refractivity contribution in [1.82, 2.24) is 0 Å². The molecule has 0 saturated heterocycles. The van der Waals surface area contributed by atoms with Crippen LogP contribution in [0.2, 0.25) is 0 Å². The van der Waals surface area contributed by atoms with E-state index >= 15 is 0 Å². The van der Waals surface area contributed by atoms with Gasteiger partial charge in [-0.1, -0.05) is 36.4 Å². The molecule has 2 aromatic rings. The van der Waals surface area contributed by atoms with Gasteiger partial charge in [-0.05, 0) is 49.6 Å². The fourth-order valence-electron chi connectivity index (χ4n) is 1.98. The molecule has 0 saturated carbocycles. The highest BCUT2D eigenvalue weighted by atomic mass is 16.5. The van der Waals surface area contributed by atoms with E-state index in [1.807, 2.05) is 30.3 Å². The minimum atomic E-state index is 0.0808. The van der Waals surface area contributed by atoms with Crippen LogP contribution in [0.4, 0.5) is 0 Å². The van der Waals surface area contributed by atoms with Crippen LogP contribution in [0.5, 0.6) is 5.75 Å². The molecule has 1 atom stereocenters. The largest absolute Gasteiger partial charge is 0.486 e. The fraction of sp³-hybridized carbons (Fsp3) is 0.250. The van der Waals surface area contributed by atoms with Gasteiger partial charge in [0.25, 0.3) is 0 Å². The monoisotopic (exact) mass is 226 g/mol. The Morgan fingerprint density at radius 1 is 0.882 bits per heavy atom. The molecule has 0 aromatic heterocycles. The summed E-state index contributed by atoms with van der Waals surface area (Å²) in [4.78, 5) is 0. The Bertz CT molecular complexity index is 488. The Kier molecular flexibility index (Phi) is 3.48. The Balaban J connectivity index is 2.20. The van der Waals surface area contributed by atoms with E-state index in [2.05, 4.69) is 39.0 Å². The first-order valence-corrected chi connectivity index (χ1v) is 5.96. The van der Waals surface area contributed by atoms with E-state index in [0.717, 1.165) is 5.75 Å². The summed E-state index contributed by atoms with van der Waals surface area (Å²) in [6.07, 6.45) is 0.0808. The van der Waals surface area contributed by atoms with Crippen molar-refractivity contribution in [3.63, 3.8) is 0 Å². The molecule has 0 aliphatic carbocycles. The predicted octanol–water partition coefficient (Wildman–Crippen LogP) is 4.44. The van der Waals surface area contributed by atoms with Crippen LogP contribution in [0.1, 0.15) is 29.7 Å². The van der Waals surface area contributed by atoms with Crippen molar-refractivity contribution in [3.8, 4) is 5.75 Å². The average Bonchev–Trinajstić information content (AvgIpc) is 2.34. The van der Waals surface area contributed by atoms with E-state index < -0.39 is 0 Å². The van der Waals surface area contributed by atoms with Crippen molar-refractivity contribution >= 4 is 0 Å². The quantitative estimate of drug-likeness (QED) is 0.751. The first-order chi connectivity index (χ1) is 8.18. The van der Waals surface area contributed by atoms with Crippen LogP contribution >= 0.6 is 0 Å². The molecule has 0 heterocycles. The summed E-state index contributed by atoms with van der Waals surface area (Å²) in [6, 6.07) is 16.3. The molecule has 1 unspecified atom stereocenters. The smallest absolute Gasteiger partial charge is 0.121 e. The number of hydrogen-bond acceptors (Lipinski definition) is 1. The number of hydrogen-bond donors (Lipinski definition) is 0. The summed E-state index contributed by atoms with van der Waals surface area (Å²) in [5.41, 5.74) is 3.88. The SMILES string of the molecule is Cc1cccc(C(C)Oc2ccccc2)c1C. The van der Waals surface area contributed by atoms with Gasteiger partial charge in [0.2, 0.25) is 0 Å². The maximum absolute atomic E-state index is 5.94. The van der Waals surface area contributed by atoms with Crippen molar-refractivity contribution in [2.75, 3.05) is 0 Å². The van der Waals surface area contributed by atoms with Crippen LogP contribution in [-0.4, -0.2) is 0 Å². The van der Waals surface area contributed by atoms with Crippen LogP contribution in [0, 0.1) is 13.8 Å². The molecule has 0 fully saturated rings. The fourth-order valence-corrected chi connectivity index (χ4v) is 1.98. The molecule has 0 spiro atoms. The van der Waals surface area contributed by atoms with E-state index in [1.165, 1.54) is 16.7 Å². The zero-order valence-electron chi connectivity index (χ0n) is 10.6. The van der Waals surface area contributed by atoms with Crippen LogP contribution < -0.4 is 4.74 Å². The minimum Gasteiger partial charge on any atom is -0.486 e. The van der Waals surface area contributed by atoms with E-state index in [0.29, 0.717) is 0 Å². The third kappa shape index (κ3) is 2.68. The molecule has 0 aliphatic rings. The molecule has 1 nitrogen and oxygen atoms in total. The minimum absolute atomic E-state index is 0.0808. The van der Waals surface area contributed by atoms with Crippen LogP contribution in [0.3, 0.4) is 0 Å². The maximum atomic E-state index is 5.94. The van der Waals surface area contributed by atoms with Gasteiger partial charge in [-0.15, -0.1) is 0 Å². The van der Waals surface area contributed by atoms with Gasteiger partial charge >= 0.3 is 0 Å². The van der Waals surface area contributed by atoms with Gasteiger partial charge in [-0.2, -0.15) is 0 Å². The third-order valence-corrected chi connectivity index (χ3v) is 3.14. The highest BCUT2D eigenvalue weighted by Gasteiger charge is 2.10. The van der Waals surface area contributed by atoms with Gasteiger partial charge in [0.15, 0.2) is 0 Å². The standard InChI is InChI=1S/C16H18O/c1-12-8-7-11-16(13(12)2)14(3)17-15-9-5-4-6-10-15/h4-11,14H,1-3H3. The summed E-state index contributed by atoms with van der Waals surface area (Å²) in [7, 11) is 0. The molecule has 2 aromatic carbocycles. The van der Waals surface area contributed by atoms with Crippen LogP contribution in [0.25, 0.3) is 0 Å². The number of rotatable bonds is 3. The Morgan fingerprint density at radius 2 is 1.59 bits per heavy atom. The normalized spacial score (nSPS) is 12.2. The number of aryl methyl sites for hydroxylation is 1. The van der Waals surface area contributed by atoms with E-state index in [9.17, 15) is 0 Å². The van der Waals surface area contributed by atoms with Gasteiger partial charge in [0.1, 0.15) is 11.9 Å². The first-order valence-electron chi connectivity index (χ1n) is 5.96. The average molecular weight is 226 g/mol. The van der Waals surface area contributed by atoms with E-state index in [1.54, 1.807) is 0 Å². The van der Waals surface area contributed by atoms with E-state index in [4.69, 9.17) is 4.74 Å². The Hall–Kier alpha value is -1.76. The second kappa shape index (κ2) is 5.05. The summed E-state index contributed by atoms with van der Waals surface area (Å²) in [6.45, 7) is 6.37. The molecule has 17 heavy (non-hydrogen) atoms. The predicted molar refractivity (Wildman–Crippen MR) is 71.4 cm³/mol. The zero-order chi connectivity index (χ0) is 12.3. The lowest BCUT2D eigenvalue weighted by atomic mass is 10.00. The van der Waals surface area contributed by atoms with Gasteiger partial charge in [0.05, 0.1) is 0 Å². The van der Waals surface area contributed by atoms with Crippen molar-refractivity contribution in [1.29, 1.82) is 0 Å². The molecule has 88 valence electrons. The molecular formula is C16H18O. The summed E-state index contributed by atoms with van der Waals surface area (Å²) < 4.78 is 5.94. The first kappa shape index (κ1) is 11.7. The molecule has 0 aliphatic heterocycles. The molecule has 0 N–H and O–H groups in total. The van der Waals surface area contributed by atoms with Crippen LogP contribution in [-0.2, 0) is 0 Å². The van der Waals surface area contributed by atoms with Gasteiger partial charge < -0.3 is 4.74 Å². The van der Waals surface area contributed by atoms with Gasteiger partial charge in [-0.3, -0.25) is 0 Å². The number of benzene rings is 2. The molecule has 0 radical (unpaired) electrons. The summed E-state index contributed by atoms with van der Waals surface area (Å²) in [5.74, 6) is 0.918. The maximum Gasteiger partial charge on any atom is 0.121 e. The highest BCUT2D eigenvalue weighted by molar-refractivity contribution is 5.35. The number of ether oxygens (including phenoxy) is 1. The van der Waals surface area contributed by atoms with Gasteiger partial charge in [0, 0.05) is 0 Å². The van der Waals surface area contributed by atoms with Crippen molar-refractivity contribution in [2.45, 2.75) is 26.9 Å². The second-order valence-corrected chi connectivity index (χ2v) is 4.36. The zero-order valence-corrected chi connectivity index (χ0v) is 10.6. The summed E-state index contributed by atoms with van der Waals surface area (Å²) >= 11 is 0. The number of para-hydroxylation sites is 1. The molecule has 2 rings (SSSR count).